The number of benzene rings is 1. The molecule has 0 radical (unpaired) electrons. The zero-order chi connectivity index (χ0) is 15.5. The monoisotopic (exact) mass is 299 g/mol. The summed E-state index contributed by atoms with van der Waals surface area (Å²) in [7, 11) is 2.85. The second-order valence-electron chi connectivity index (χ2n) is 5.62. The molecule has 1 unspecified atom stereocenters. The Bertz CT molecular complexity index is 480. The van der Waals surface area contributed by atoms with Crippen molar-refractivity contribution in [3.63, 3.8) is 0 Å². The van der Waals surface area contributed by atoms with E-state index in [-0.39, 0.29) is 11.3 Å². The minimum Gasteiger partial charge on any atom is -0.493 e. The third kappa shape index (κ3) is 3.84. The van der Waals surface area contributed by atoms with Crippen LogP contribution in [0.25, 0.3) is 0 Å². The largest absolute Gasteiger partial charge is 0.493 e. The maximum absolute atomic E-state index is 13.8. The molecule has 1 atom stereocenters. The predicted molar refractivity (Wildman–Crippen MR) is 78.5 cm³/mol. The third-order valence-corrected chi connectivity index (χ3v) is 3.91. The van der Waals surface area contributed by atoms with Gasteiger partial charge in [0.05, 0.1) is 19.8 Å². The Morgan fingerprint density at radius 1 is 1.24 bits per heavy atom. The van der Waals surface area contributed by atoms with Crippen molar-refractivity contribution in [2.24, 2.45) is 0 Å². The Balaban J connectivity index is 2.33. The van der Waals surface area contributed by atoms with Crippen LogP contribution in [0.4, 0.5) is 8.78 Å². The summed E-state index contributed by atoms with van der Waals surface area (Å²) in [5, 5.41) is 3.43. The lowest BCUT2D eigenvalue weighted by Gasteiger charge is -2.25. The number of piperidine rings is 1. The van der Waals surface area contributed by atoms with Gasteiger partial charge in [-0.2, -0.15) is 0 Å². The van der Waals surface area contributed by atoms with Gasteiger partial charge in [-0.3, -0.25) is 0 Å². The summed E-state index contributed by atoms with van der Waals surface area (Å²) in [6.45, 7) is 1.88. The molecule has 1 aromatic rings. The standard InChI is InChI=1S/C16H23F2NO2/c1-16(17,18)13-9-11(8-12-6-4-5-7-19-12)10-14(20-2)15(13)21-3/h9-10,12,19H,4-8H2,1-3H3. The molecule has 1 aliphatic rings. The molecule has 1 aliphatic heterocycles. The Labute approximate surface area is 124 Å². The quantitative estimate of drug-likeness (QED) is 0.902. The maximum atomic E-state index is 13.8. The molecule has 3 nitrogen and oxygen atoms in total. The number of nitrogens with one attached hydrogen (secondary N) is 1. The average molecular weight is 299 g/mol. The van der Waals surface area contributed by atoms with E-state index in [1.807, 2.05) is 0 Å². The molecule has 21 heavy (non-hydrogen) atoms. The SMILES string of the molecule is COc1cc(CC2CCCCN2)cc(C(C)(F)F)c1OC. The molecular formula is C16H23F2NO2. The van der Waals surface area contributed by atoms with Gasteiger partial charge in [-0.05, 0) is 43.5 Å². The molecule has 0 aliphatic carbocycles. The van der Waals surface area contributed by atoms with Crippen molar-refractivity contribution in [1.82, 2.24) is 5.32 Å². The minimum atomic E-state index is -2.96. The van der Waals surface area contributed by atoms with E-state index in [0.29, 0.717) is 11.8 Å². The molecule has 0 bridgehead atoms. The number of halogens is 2. The van der Waals surface area contributed by atoms with Gasteiger partial charge in [0.15, 0.2) is 11.5 Å². The molecule has 0 aromatic heterocycles. The van der Waals surface area contributed by atoms with Crippen LogP contribution in [0.1, 0.15) is 37.3 Å². The number of methoxy groups -OCH3 is 2. The van der Waals surface area contributed by atoms with Crippen molar-refractivity contribution >= 4 is 0 Å². The zero-order valence-electron chi connectivity index (χ0n) is 12.8. The molecule has 118 valence electrons. The summed E-state index contributed by atoms with van der Waals surface area (Å²) in [6, 6.07) is 3.68. The second-order valence-corrected chi connectivity index (χ2v) is 5.62. The van der Waals surface area contributed by atoms with E-state index in [2.05, 4.69) is 5.32 Å². The van der Waals surface area contributed by atoms with Gasteiger partial charge in [-0.15, -0.1) is 0 Å². The van der Waals surface area contributed by atoms with E-state index in [9.17, 15) is 8.78 Å². The van der Waals surface area contributed by atoms with Crippen LogP contribution < -0.4 is 14.8 Å². The lowest BCUT2D eigenvalue weighted by atomic mass is 9.95. The van der Waals surface area contributed by atoms with Crippen LogP contribution in [0, 0.1) is 0 Å². The molecule has 2 rings (SSSR count). The van der Waals surface area contributed by atoms with Crippen molar-refractivity contribution in [1.29, 1.82) is 0 Å². The van der Waals surface area contributed by atoms with Gasteiger partial charge in [-0.1, -0.05) is 6.42 Å². The normalized spacial score (nSPS) is 19.4. The van der Waals surface area contributed by atoms with Crippen LogP contribution in [0.5, 0.6) is 11.5 Å². The molecule has 0 spiro atoms. The minimum absolute atomic E-state index is 0.116. The average Bonchev–Trinajstić information content (AvgIpc) is 2.46. The van der Waals surface area contributed by atoms with Gasteiger partial charge in [0.1, 0.15) is 0 Å². The van der Waals surface area contributed by atoms with Crippen LogP contribution in [-0.4, -0.2) is 26.8 Å². The van der Waals surface area contributed by atoms with Crippen molar-refractivity contribution in [2.45, 2.75) is 44.6 Å². The molecular weight excluding hydrogens is 276 g/mol. The second kappa shape index (κ2) is 6.60. The Morgan fingerprint density at radius 2 is 2.00 bits per heavy atom. The summed E-state index contributed by atoms with van der Waals surface area (Å²) in [6.07, 6.45) is 4.16. The van der Waals surface area contributed by atoms with E-state index in [4.69, 9.17) is 9.47 Å². The summed E-state index contributed by atoms with van der Waals surface area (Å²) < 4.78 is 38.0. The molecule has 1 saturated heterocycles. The zero-order valence-corrected chi connectivity index (χ0v) is 12.8. The first-order valence-electron chi connectivity index (χ1n) is 7.32. The maximum Gasteiger partial charge on any atom is 0.274 e. The number of hydrogen-bond donors (Lipinski definition) is 1. The Kier molecular flexibility index (Phi) is 5.04. The fourth-order valence-corrected chi connectivity index (χ4v) is 2.85. The first kappa shape index (κ1) is 16.0. The van der Waals surface area contributed by atoms with E-state index < -0.39 is 5.92 Å². The van der Waals surface area contributed by atoms with Gasteiger partial charge in [0.25, 0.3) is 5.92 Å². The highest BCUT2D eigenvalue weighted by Crippen LogP contribution is 2.41. The third-order valence-electron chi connectivity index (χ3n) is 3.91. The smallest absolute Gasteiger partial charge is 0.274 e. The summed E-state index contributed by atoms with van der Waals surface area (Å²) >= 11 is 0. The fourth-order valence-electron chi connectivity index (χ4n) is 2.85. The Hall–Kier alpha value is -1.36. The molecule has 5 heteroatoms. The van der Waals surface area contributed by atoms with E-state index in [1.165, 1.54) is 33.1 Å². The van der Waals surface area contributed by atoms with Crippen LogP contribution in [-0.2, 0) is 12.3 Å². The number of ether oxygens (including phenoxy) is 2. The van der Waals surface area contributed by atoms with E-state index >= 15 is 0 Å². The lowest BCUT2D eigenvalue weighted by molar-refractivity contribution is 0.0146. The molecule has 1 fully saturated rings. The summed E-state index contributed by atoms with van der Waals surface area (Å²) in [4.78, 5) is 0. The predicted octanol–water partition coefficient (Wildman–Crippen LogP) is 3.50. The highest BCUT2D eigenvalue weighted by molar-refractivity contribution is 5.51. The van der Waals surface area contributed by atoms with Crippen LogP contribution >= 0.6 is 0 Å². The highest BCUT2D eigenvalue weighted by Gasteiger charge is 2.31. The van der Waals surface area contributed by atoms with Gasteiger partial charge in [-0.25, -0.2) is 8.78 Å². The van der Waals surface area contributed by atoms with Gasteiger partial charge in [0, 0.05) is 13.0 Å². The van der Waals surface area contributed by atoms with Crippen molar-refractivity contribution < 1.29 is 18.3 Å². The summed E-state index contributed by atoms with van der Waals surface area (Å²) in [5.74, 6) is -2.48. The van der Waals surface area contributed by atoms with E-state index in [1.54, 1.807) is 6.07 Å². The van der Waals surface area contributed by atoms with Crippen molar-refractivity contribution in [2.75, 3.05) is 20.8 Å². The highest BCUT2D eigenvalue weighted by atomic mass is 19.3. The van der Waals surface area contributed by atoms with Crippen molar-refractivity contribution in [3.05, 3.63) is 23.3 Å². The van der Waals surface area contributed by atoms with Crippen LogP contribution in [0.3, 0.4) is 0 Å². The molecule has 1 heterocycles. The summed E-state index contributed by atoms with van der Waals surface area (Å²) in [5.41, 5.74) is 0.735. The van der Waals surface area contributed by atoms with Crippen LogP contribution in [0.2, 0.25) is 0 Å². The van der Waals surface area contributed by atoms with Gasteiger partial charge in [0.2, 0.25) is 0 Å². The first-order chi connectivity index (χ1) is 9.95. The lowest BCUT2D eigenvalue weighted by Crippen LogP contribution is -2.35. The topological polar surface area (TPSA) is 30.5 Å². The molecule has 1 N–H and O–H groups in total. The molecule has 0 saturated carbocycles. The van der Waals surface area contributed by atoms with Crippen molar-refractivity contribution in [3.8, 4) is 11.5 Å². The van der Waals surface area contributed by atoms with Gasteiger partial charge < -0.3 is 14.8 Å². The number of alkyl halides is 2. The van der Waals surface area contributed by atoms with E-state index in [0.717, 1.165) is 31.9 Å². The molecule has 1 aromatic carbocycles. The van der Waals surface area contributed by atoms with Gasteiger partial charge >= 0.3 is 0 Å². The first-order valence-corrected chi connectivity index (χ1v) is 7.32. The fraction of sp³-hybridized carbons (Fsp3) is 0.625. The Morgan fingerprint density at radius 3 is 2.52 bits per heavy atom. The number of rotatable bonds is 5. The van der Waals surface area contributed by atoms with Crippen LogP contribution in [0.15, 0.2) is 12.1 Å². The number of hydrogen-bond acceptors (Lipinski definition) is 3. The molecule has 0 amide bonds.